The second-order valence-electron chi connectivity index (χ2n) is 9.11. The highest BCUT2D eigenvalue weighted by atomic mass is 16.3. The van der Waals surface area contributed by atoms with E-state index in [1.165, 1.54) is 10.5 Å². The fourth-order valence-corrected chi connectivity index (χ4v) is 4.49. The third-order valence-corrected chi connectivity index (χ3v) is 6.57. The van der Waals surface area contributed by atoms with Crippen LogP contribution in [0.1, 0.15) is 56.2 Å². The van der Waals surface area contributed by atoms with E-state index in [9.17, 15) is 19.5 Å². The van der Waals surface area contributed by atoms with Crippen LogP contribution >= 0.6 is 0 Å². The van der Waals surface area contributed by atoms with E-state index in [1.54, 1.807) is 17.0 Å². The van der Waals surface area contributed by atoms with E-state index < -0.39 is 6.04 Å². The first-order valence-electron chi connectivity index (χ1n) is 12.6. The molecule has 0 radical (unpaired) electrons. The molecular weight excluding hydrogens is 442 g/mol. The van der Waals surface area contributed by atoms with Gasteiger partial charge in [-0.15, -0.1) is 0 Å². The SMILES string of the molecule is CCCCCC(C(=O)NCCc1ccc(O)cc1)N1CC(=O)N(Cc2ccccc2CC)CC1=O. The second-order valence-corrected chi connectivity index (χ2v) is 9.11. The molecule has 1 fully saturated rings. The Hall–Kier alpha value is -3.35. The van der Waals surface area contributed by atoms with Gasteiger partial charge in [-0.25, -0.2) is 0 Å². The fourth-order valence-electron chi connectivity index (χ4n) is 4.49. The Balaban J connectivity index is 1.63. The summed E-state index contributed by atoms with van der Waals surface area (Å²) < 4.78 is 0. The number of amides is 3. The van der Waals surface area contributed by atoms with Crippen LogP contribution in [0, 0.1) is 0 Å². The van der Waals surface area contributed by atoms with Crippen molar-refractivity contribution < 1.29 is 19.5 Å². The van der Waals surface area contributed by atoms with Gasteiger partial charge < -0.3 is 20.2 Å². The number of nitrogens with zero attached hydrogens (tertiary/aromatic N) is 2. The maximum absolute atomic E-state index is 13.1. The maximum atomic E-state index is 13.1. The van der Waals surface area contributed by atoms with Gasteiger partial charge in [0, 0.05) is 13.1 Å². The van der Waals surface area contributed by atoms with Crippen LogP contribution in [0.3, 0.4) is 0 Å². The molecule has 2 aromatic carbocycles. The first kappa shape index (κ1) is 26.3. The lowest BCUT2D eigenvalue weighted by atomic mass is 10.0. The number of nitrogens with one attached hydrogen (secondary N) is 1. The van der Waals surface area contributed by atoms with Gasteiger partial charge in [0.2, 0.25) is 17.7 Å². The number of carbonyl (C=O) groups excluding carboxylic acids is 3. The van der Waals surface area contributed by atoms with Crippen LogP contribution in [-0.2, 0) is 33.8 Å². The molecule has 0 aromatic heterocycles. The summed E-state index contributed by atoms with van der Waals surface area (Å²) in [5.41, 5.74) is 3.22. The lowest BCUT2D eigenvalue weighted by Gasteiger charge is -2.38. The number of carbonyl (C=O) groups is 3. The molecule has 1 atom stereocenters. The van der Waals surface area contributed by atoms with Crippen LogP contribution in [0.5, 0.6) is 5.75 Å². The summed E-state index contributed by atoms with van der Waals surface area (Å²) >= 11 is 0. The maximum Gasteiger partial charge on any atom is 0.243 e. The van der Waals surface area contributed by atoms with Crippen LogP contribution in [0.15, 0.2) is 48.5 Å². The van der Waals surface area contributed by atoms with Crippen LogP contribution < -0.4 is 5.32 Å². The number of phenols is 1. The van der Waals surface area contributed by atoms with E-state index in [4.69, 9.17) is 0 Å². The molecule has 3 amide bonds. The smallest absolute Gasteiger partial charge is 0.243 e. The highest BCUT2D eigenvalue weighted by molar-refractivity contribution is 5.96. The highest BCUT2D eigenvalue weighted by Gasteiger charge is 2.37. The van der Waals surface area contributed by atoms with Gasteiger partial charge in [0.15, 0.2) is 0 Å². The van der Waals surface area contributed by atoms with Gasteiger partial charge in [-0.2, -0.15) is 0 Å². The molecular formula is C28H37N3O4. The zero-order valence-corrected chi connectivity index (χ0v) is 20.8. The van der Waals surface area contributed by atoms with Crippen molar-refractivity contribution in [2.45, 2.75) is 65.0 Å². The molecule has 7 nitrogen and oxygen atoms in total. The molecule has 188 valence electrons. The average molecular weight is 480 g/mol. The van der Waals surface area contributed by atoms with Crippen molar-refractivity contribution in [3.05, 3.63) is 65.2 Å². The van der Waals surface area contributed by atoms with Gasteiger partial charge in [-0.1, -0.05) is 69.5 Å². The van der Waals surface area contributed by atoms with Crippen molar-refractivity contribution in [3.8, 4) is 5.75 Å². The molecule has 3 rings (SSSR count). The van der Waals surface area contributed by atoms with E-state index >= 15 is 0 Å². The number of aryl methyl sites for hydroxylation is 1. The molecule has 2 N–H and O–H groups in total. The molecule has 0 spiro atoms. The topological polar surface area (TPSA) is 89.9 Å². The summed E-state index contributed by atoms with van der Waals surface area (Å²) in [5, 5.41) is 12.4. The van der Waals surface area contributed by atoms with Gasteiger partial charge in [-0.3, -0.25) is 14.4 Å². The molecule has 0 aliphatic carbocycles. The summed E-state index contributed by atoms with van der Waals surface area (Å²) in [6.07, 6.45) is 4.81. The molecule has 1 unspecified atom stereocenters. The molecule has 35 heavy (non-hydrogen) atoms. The Kier molecular flexibility index (Phi) is 9.70. The normalized spacial score (nSPS) is 14.8. The Bertz CT molecular complexity index is 1010. The van der Waals surface area contributed by atoms with Crippen LogP contribution in [0.4, 0.5) is 0 Å². The largest absolute Gasteiger partial charge is 0.508 e. The zero-order chi connectivity index (χ0) is 25.2. The van der Waals surface area contributed by atoms with Crippen LogP contribution in [-0.4, -0.2) is 58.3 Å². The van der Waals surface area contributed by atoms with Crippen LogP contribution in [0.2, 0.25) is 0 Å². The molecule has 1 heterocycles. The third kappa shape index (κ3) is 7.31. The first-order valence-corrected chi connectivity index (χ1v) is 12.6. The minimum atomic E-state index is -0.650. The van der Waals surface area contributed by atoms with Gasteiger partial charge in [0.1, 0.15) is 24.9 Å². The van der Waals surface area contributed by atoms with Gasteiger partial charge in [0.05, 0.1) is 0 Å². The van der Waals surface area contributed by atoms with Crippen molar-refractivity contribution in [1.82, 2.24) is 15.1 Å². The number of piperazine rings is 1. The molecule has 1 saturated heterocycles. The van der Waals surface area contributed by atoms with Gasteiger partial charge in [0.25, 0.3) is 0 Å². The monoisotopic (exact) mass is 479 g/mol. The van der Waals surface area contributed by atoms with E-state index in [-0.39, 0.29) is 36.6 Å². The van der Waals surface area contributed by atoms with E-state index in [0.29, 0.717) is 25.9 Å². The lowest BCUT2D eigenvalue weighted by molar-refractivity contribution is -0.155. The van der Waals surface area contributed by atoms with E-state index in [1.807, 2.05) is 36.4 Å². The summed E-state index contributed by atoms with van der Waals surface area (Å²) in [6.45, 7) is 4.90. The molecule has 0 saturated carbocycles. The summed E-state index contributed by atoms with van der Waals surface area (Å²) in [4.78, 5) is 42.3. The minimum absolute atomic E-state index is 0.0120. The highest BCUT2D eigenvalue weighted by Crippen LogP contribution is 2.19. The number of rotatable bonds is 12. The van der Waals surface area contributed by atoms with Crippen molar-refractivity contribution >= 4 is 17.7 Å². The summed E-state index contributed by atoms with van der Waals surface area (Å²) in [6, 6.07) is 14.2. The molecule has 0 bridgehead atoms. The van der Waals surface area contributed by atoms with Crippen molar-refractivity contribution in [2.24, 2.45) is 0 Å². The number of aromatic hydroxyl groups is 1. The van der Waals surface area contributed by atoms with Gasteiger partial charge >= 0.3 is 0 Å². The molecule has 7 heteroatoms. The minimum Gasteiger partial charge on any atom is -0.508 e. The number of unbranched alkanes of at least 4 members (excludes halogenated alkanes) is 2. The fraction of sp³-hybridized carbons (Fsp3) is 0.464. The average Bonchev–Trinajstić information content (AvgIpc) is 2.85. The van der Waals surface area contributed by atoms with Gasteiger partial charge in [-0.05, 0) is 48.1 Å². The first-order chi connectivity index (χ1) is 16.9. The number of hydrogen-bond acceptors (Lipinski definition) is 4. The van der Waals surface area contributed by atoms with Crippen LogP contribution in [0.25, 0.3) is 0 Å². The molecule has 1 aliphatic rings. The lowest BCUT2D eigenvalue weighted by Crippen LogP contribution is -2.59. The third-order valence-electron chi connectivity index (χ3n) is 6.57. The zero-order valence-electron chi connectivity index (χ0n) is 20.8. The summed E-state index contributed by atoms with van der Waals surface area (Å²) in [7, 11) is 0. The van der Waals surface area contributed by atoms with E-state index in [0.717, 1.165) is 36.8 Å². The Morgan fingerprint density at radius 3 is 2.37 bits per heavy atom. The van der Waals surface area contributed by atoms with Crippen molar-refractivity contribution in [1.29, 1.82) is 0 Å². The standard InChI is InChI=1S/C28H37N3O4/c1-3-5-6-11-25(28(35)29-17-16-21-12-14-24(32)15-13-21)31-20-26(33)30(19-27(31)34)18-23-10-8-7-9-22(23)4-2/h7-10,12-15,25,32H,3-6,11,16-20H2,1-2H3,(H,29,35). The Morgan fingerprint density at radius 2 is 1.69 bits per heavy atom. The number of phenolic OH excluding ortho intramolecular Hbond substituents is 1. The van der Waals surface area contributed by atoms with E-state index in [2.05, 4.69) is 19.2 Å². The quantitative estimate of drug-likeness (QED) is 0.457. The summed E-state index contributed by atoms with van der Waals surface area (Å²) in [5.74, 6) is -0.332. The number of benzene rings is 2. The van der Waals surface area contributed by atoms with Crippen molar-refractivity contribution in [2.75, 3.05) is 19.6 Å². The predicted octanol–water partition coefficient (Wildman–Crippen LogP) is 3.43. The predicted molar refractivity (Wildman–Crippen MR) is 136 cm³/mol. The Labute approximate surface area is 208 Å². The second kappa shape index (κ2) is 12.9. The molecule has 2 aromatic rings. The number of hydrogen-bond donors (Lipinski definition) is 2. The molecule has 1 aliphatic heterocycles. The van der Waals surface area contributed by atoms with Crippen molar-refractivity contribution in [3.63, 3.8) is 0 Å². The Morgan fingerprint density at radius 1 is 0.971 bits per heavy atom.